The molecular weight excluding hydrogens is 298 g/mol. The SMILES string of the molecule is CCN(CC)CC[C@](C#N)(C(=O)c1ccccn1)c1ccccc1. The number of carbonyl (C=O) groups excluding carboxylic acids is 1. The predicted molar refractivity (Wildman–Crippen MR) is 94.7 cm³/mol. The molecule has 0 aliphatic rings. The van der Waals surface area contributed by atoms with Gasteiger partial charge in [-0.3, -0.25) is 9.78 Å². The summed E-state index contributed by atoms with van der Waals surface area (Å²) in [7, 11) is 0. The summed E-state index contributed by atoms with van der Waals surface area (Å²) in [5.74, 6) is -0.232. The number of nitriles is 1. The molecule has 2 aromatic rings. The summed E-state index contributed by atoms with van der Waals surface area (Å²) in [4.78, 5) is 19.6. The van der Waals surface area contributed by atoms with Crippen LogP contribution < -0.4 is 0 Å². The number of pyridine rings is 1. The fraction of sp³-hybridized carbons (Fsp3) is 0.350. The van der Waals surface area contributed by atoms with Gasteiger partial charge in [0.05, 0.1) is 6.07 Å². The number of hydrogen-bond acceptors (Lipinski definition) is 4. The number of carbonyl (C=O) groups is 1. The maximum atomic E-state index is 13.2. The maximum Gasteiger partial charge on any atom is 0.205 e. The van der Waals surface area contributed by atoms with E-state index in [-0.39, 0.29) is 5.78 Å². The van der Waals surface area contributed by atoms with Crippen molar-refractivity contribution in [3.63, 3.8) is 0 Å². The Morgan fingerprint density at radius 1 is 1.12 bits per heavy atom. The number of hydrogen-bond donors (Lipinski definition) is 0. The fourth-order valence-corrected chi connectivity index (χ4v) is 2.86. The van der Waals surface area contributed by atoms with E-state index in [1.807, 2.05) is 30.3 Å². The van der Waals surface area contributed by atoms with Crippen molar-refractivity contribution in [3.05, 3.63) is 66.0 Å². The molecule has 0 saturated carbocycles. The van der Waals surface area contributed by atoms with Crippen molar-refractivity contribution < 1.29 is 4.79 Å². The predicted octanol–water partition coefficient (Wildman–Crippen LogP) is 3.46. The van der Waals surface area contributed by atoms with E-state index in [1.54, 1.807) is 24.4 Å². The highest BCUT2D eigenvalue weighted by molar-refractivity contribution is 6.04. The van der Waals surface area contributed by atoms with Gasteiger partial charge < -0.3 is 4.90 Å². The summed E-state index contributed by atoms with van der Waals surface area (Å²) in [5.41, 5.74) is -0.143. The Balaban J connectivity index is 2.44. The molecule has 0 fully saturated rings. The van der Waals surface area contributed by atoms with Crippen molar-refractivity contribution >= 4 is 5.78 Å². The monoisotopic (exact) mass is 321 g/mol. The normalized spacial score (nSPS) is 13.2. The second-order valence-corrected chi connectivity index (χ2v) is 5.70. The molecule has 0 unspecified atom stereocenters. The number of rotatable bonds is 8. The molecule has 0 amide bonds. The van der Waals surface area contributed by atoms with Crippen LogP contribution in [0.3, 0.4) is 0 Å². The lowest BCUT2D eigenvalue weighted by molar-refractivity contribution is 0.0900. The Hall–Kier alpha value is -2.51. The van der Waals surface area contributed by atoms with Gasteiger partial charge in [0.1, 0.15) is 11.1 Å². The van der Waals surface area contributed by atoms with Crippen LogP contribution in [-0.2, 0) is 5.41 Å². The molecule has 0 saturated heterocycles. The van der Waals surface area contributed by atoms with Gasteiger partial charge in [0.25, 0.3) is 0 Å². The van der Waals surface area contributed by atoms with Gasteiger partial charge in [-0.25, -0.2) is 0 Å². The number of aromatic nitrogens is 1. The van der Waals surface area contributed by atoms with Gasteiger partial charge in [-0.15, -0.1) is 0 Å². The molecular formula is C20H23N3O. The van der Waals surface area contributed by atoms with E-state index < -0.39 is 5.41 Å². The Morgan fingerprint density at radius 3 is 2.33 bits per heavy atom. The van der Waals surface area contributed by atoms with Gasteiger partial charge in [-0.1, -0.05) is 50.2 Å². The Bertz CT molecular complexity index is 690. The largest absolute Gasteiger partial charge is 0.304 e. The topological polar surface area (TPSA) is 57.0 Å². The third kappa shape index (κ3) is 3.69. The van der Waals surface area contributed by atoms with Crippen LogP contribution in [0.25, 0.3) is 0 Å². The van der Waals surface area contributed by atoms with E-state index in [2.05, 4.69) is 29.8 Å². The lowest BCUT2D eigenvalue weighted by Crippen LogP contribution is -2.39. The average Bonchev–Trinajstić information content (AvgIpc) is 2.67. The van der Waals surface area contributed by atoms with Crippen LogP contribution >= 0.6 is 0 Å². The first-order valence-electron chi connectivity index (χ1n) is 8.33. The summed E-state index contributed by atoms with van der Waals surface area (Å²) in [6.07, 6.45) is 2.04. The third-order valence-corrected chi connectivity index (χ3v) is 4.44. The Kier molecular flexibility index (Phi) is 6.22. The van der Waals surface area contributed by atoms with Crippen LogP contribution in [0.5, 0.6) is 0 Å². The van der Waals surface area contributed by atoms with Gasteiger partial charge >= 0.3 is 0 Å². The Labute approximate surface area is 143 Å². The van der Waals surface area contributed by atoms with Crippen LogP contribution in [0.2, 0.25) is 0 Å². The van der Waals surface area contributed by atoms with Crippen LogP contribution in [-0.4, -0.2) is 35.3 Å². The number of benzene rings is 1. The number of ketones is 1. The van der Waals surface area contributed by atoms with Crippen molar-refractivity contribution in [1.29, 1.82) is 5.26 Å². The minimum atomic E-state index is -1.21. The average molecular weight is 321 g/mol. The molecule has 1 atom stereocenters. The lowest BCUT2D eigenvalue weighted by atomic mass is 9.74. The summed E-state index contributed by atoms with van der Waals surface area (Å²) >= 11 is 0. The van der Waals surface area contributed by atoms with E-state index >= 15 is 0 Å². The third-order valence-electron chi connectivity index (χ3n) is 4.44. The zero-order valence-corrected chi connectivity index (χ0v) is 14.3. The molecule has 0 aliphatic heterocycles. The first-order valence-corrected chi connectivity index (χ1v) is 8.33. The minimum absolute atomic E-state index is 0.232. The Morgan fingerprint density at radius 2 is 1.79 bits per heavy atom. The van der Waals surface area contributed by atoms with E-state index in [0.29, 0.717) is 18.7 Å². The molecule has 124 valence electrons. The zero-order chi connectivity index (χ0) is 17.4. The molecule has 24 heavy (non-hydrogen) atoms. The van der Waals surface area contributed by atoms with Crippen LogP contribution in [0, 0.1) is 11.3 Å². The van der Waals surface area contributed by atoms with Gasteiger partial charge in [0, 0.05) is 12.7 Å². The summed E-state index contributed by atoms with van der Waals surface area (Å²) in [6, 6.07) is 16.9. The molecule has 0 N–H and O–H groups in total. The molecule has 4 heteroatoms. The van der Waals surface area contributed by atoms with Crippen molar-refractivity contribution in [2.45, 2.75) is 25.7 Å². The highest BCUT2D eigenvalue weighted by Crippen LogP contribution is 2.31. The fourth-order valence-electron chi connectivity index (χ4n) is 2.86. The van der Waals surface area contributed by atoms with E-state index in [4.69, 9.17) is 0 Å². The second-order valence-electron chi connectivity index (χ2n) is 5.70. The molecule has 4 nitrogen and oxygen atoms in total. The first-order chi connectivity index (χ1) is 11.7. The highest BCUT2D eigenvalue weighted by atomic mass is 16.1. The summed E-state index contributed by atoms with van der Waals surface area (Å²) in [6.45, 7) is 6.64. The minimum Gasteiger partial charge on any atom is -0.304 e. The van der Waals surface area contributed by atoms with Crippen molar-refractivity contribution in [1.82, 2.24) is 9.88 Å². The first kappa shape index (κ1) is 17.8. The van der Waals surface area contributed by atoms with Gasteiger partial charge in [0.2, 0.25) is 5.78 Å². The maximum absolute atomic E-state index is 13.2. The molecule has 1 aromatic heterocycles. The van der Waals surface area contributed by atoms with Crippen molar-refractivity contribution in [2.24, 2.45) is 0 Å². The molecule has 0 spiro atoms. The molecule has 0 aliphatic carbocycles. The molecule has 0 bridgehead atoms. The van der Waals surface area contributed by atoms with Crippen LogP contribution in [0.1, 0.15) is 36.3 Å². The van der Waals surface area contributed by atoms with Gasteiger partial charge in [-0.05, 0) is 37.2 Å². The van der Waals surface area contributed by atoms with Gasteiger partial charge in [0.15, 0.2) is 0 Å². The van der Waals surface area contributed by atoms with Crippen molar-refractivity contribution in [2.75, 3.05) is 19.6 Å². The quantitative estimate of drug-likeness (QED) is 0.699. The second kappa shape index (κ2) is 8.37. The zero-order valence-electron chi connectivity index (χ0n) is 14.3. The summed E-state index contributed by atoms with van der Waals surface area (Å²) in [5, 5.41) is 10.0. The number of Topliss-reactive ketones (excluding diaryl/α,β-unsaturated/α-hetero) is 1. The standard InChI is InChI=1S/C20H23N3O/c1-3-23(4-2)15-13-20(16-21,17-10-6-5-7-11-17)19(24)18-12-8-9-14-22-18/h5-12,14H,3-4,13,15H2,1-2H3/t20-/m1/s1. The molecule has 2 rings (SSSR count). The van der Waals surface area contributed by atoms with Crippen molar-refractivity contribution in [3.8, 4) is 6.07 Å². The smallest absolute Gasteiger partial charge is 0.205 e. The van der Waals surface area contributed by atoms with E-state index in [1.165, 1.54) is 0 Å². The van der Waals surface area contributed by atoms with Crippen LogP contribution in [0.15, 0.2) is 54.7 Å². The molecule has 1 heterocycles. The summed E-state index contributed by atoms with van der Waals surface area (Å²) < 4.78 is 0. The van der Waals surface area contributed by atoms with Gasteiger partial charge in [-0.2, -0.15) is 5.26 Å². The lowest BCUT2D eigenvalue weighted by Gasteiger charge is -2.28. The molecule has 0 radical (unpaired) electrons. The molecule has 1 aromatic carbocycles. The van der Waals surface area contributed by atoms with Crippen LogP contribution in [0.4, 0.5) is 0 Å². The van der Waals surface area contributed by atoms with E-state index in [0.717, 1.165) is 18.7 Å². The number of nitrogens with zero attached hydrogens (tertiary/aromatic N) is 3. The van der Waals surface area contributed by atoms with E-state index in [9.17, 15) is 10.1 Å². The highest BCUT2D eigenvalue weighted by Gasteiger charge is 2.41.